The Morgan fingerprint density at radius 3 is 2.14 bits per heavy atom. The van der Waals surface area contributed by atoms with Crippen LogP contribution >= 0.6 is 0 Å². The average molecular weight is 506 g/mol. The van der Waals surface area contributed by atoms with E-state index >= 15 is 0 Å². The first-order valence-corrected chi connectivity index (χ1v) is 13.1. The number of halogens is 1. The molecule has 8 nitrogen and oxygen atoms in total. The summed E-state index contributed by atoms with van der Waals surface area (Å²) in [6.07, 6.45) is 0.827. The van der Waals surface area contributed by atoms with Crippen molar-refractivity contribution in [3.05, 3.63) is 59.9 Å². The van der Waals surface area contributed by atoms with Crippen molar-refractivity contribution in [1.82, 2.24) is 14.5 Å². The number of likely N-dealkylation sites (N-methyl/N-ethyl adjacent to an activating group) is 1. The quantitative estimate of drug-likeness (QED) is 0.565. The Morgan fingerprint density at radius 2 is 1.63 bits per heavy atom. The molecule has 1 fully saturated rings. The smallest absolute Gasteiger partial charge is 0.251 e. The molecule has 2 aromatic carbocycles. The zero-order valence-electron chi connectivity index (χ0n) is 20.2. The number of amides is 2. The summed E-state index contributed by atoms with van der Waals surface area (Å²) in [6.45, 7) is 5.17. The third kappa shape index (κ3) is 6.18. The normalized spacial score (nSPS) is 15.9. The van der Waals surface area contributed by atoms with E-state index in [4.69, 9.17) is 4.74 Å². The van der Waals surface area contributed by atoms with Gasteiger partial charge in [-0.2, -0.15) is 4.31 Å². The highest BCUT2D eigenvalue weighted by molar-refractivity contribution is 7.89. The minimum atomic E-state index is -3.69. The van der Waals surface area contributed by atoms with Gasteiger partial charge in [-0.3, -0.25) is 9.59 Å². The highest BCUT2D eigenvalue weighted by atomic mass is 32.2. The minimum absolute atomic E-state index is 0.178. The van der Waals surface area contributed by atoms with Gasteiger partial charge in [-0.05, 0) is 81.1 Å². The fourth-order valence-corrected chi connectivity index (χ4v) is 5.75. The average Bonchev–Trinajstić information content (AvgIpc) is 2.88. The molecule has 0 unspecified atom stereocenters. The standard InChI is InChI=1S/C25H32FN3O5S/c1-4-28(5-2)25(31)23(27-24(30)19-6-8-20(26)9-7-19)18-14-16-29(17-15-18)35(32,33)22-12-10-21(34-3)11-13-22/h6-13,18,23H,4-5,14-17H2,1-3H3,(H,27,30)/t23-/m0/s1. The van der Waals surface area contributed by atoms with Crippen molar-refractivity contribution in [3.63, 3.8) is 0 Å². The highest BCUT2D eigenvalue weighted by Gasteiger charge is 2.37. The Labute approximate surface area is 206 Å². The molecule has 1 aliphatic rings. The van der Waals surface area contributed by atoms with Gasteiger partial charge in [0.05, 0.1) is 12.0 Å². The molecular formula is C25H32FN3O5S. The monoisotopic (exact) mass is 505 g/mol. The van der Waals surface area contributed by atoms with Crippen molar-refractivity contribution < 1.29 is 27.1 Å². The van der Waals surface area contributed by atoms with Crippen molar-refractivity contribution in [2.75, 3.05) is 33.3 Å². The molecule has 2 aromatic rings. The van der Waals surface area contributed by atoms with Gasteiger partial charge < -0.3 is 15.0 Å². The van der Waals surface area contributed by atoms with E-state index in [-0.39, 0.29) is 35.4 Å². The predicted octanol–water partition coefficient (Wildman–Crippen LogP) is 2.90. The first-order valence-electron chi connectivity index (χ1n) is 11.7. The van der Waals surface area contributed by atoms with E-state index in [0.29, 0.717) is 31.7 Å². The third-order valence-electron chi connectivity index (χ3n) is 6.40. The number of piperidine rings is 1. The molecule has 1 heterocycles. The van der Waals surface area contributed by atoms with Crippen LogP contribution in [0.3, 0.4) is 0 Å². The number of hydrogen-bond acceptors (Lipinski definition) is 5. The molecule has 10 heteroatoms. The van der Waals surface area contributed by atoms with Gasteiger partial charge >= 0.3 is 0 Å². The second-order valence-corrected chi connectivity index (χ2v) is 10.3. The van der Waals surface area contributed by atoms with Crippen LogP contribution in [0.5, 0.6) is 5.75 Å². The Bertz CT molecular complexity index is 1110. The molecule has 190 valence electrons. The maximum Gasteiger partial charge on any atom is 0.251 e. The number of nitrogens with zero attached hydrogens (tertiary/aromatic N) is 2. The van der Waals surface area contributed by atoms with Gasteiger partial charge in [-0.15, -0.1) is 0 Å². The molecule has 0 radical (unpaired) electrons. The lowest BCUT2D eigenvalue weighted by Crippen LogP contribution is -2.54. The molecule has 0 spiro atoms. The van der Waals surface area contributed by atoms with Crippen LogP contribution in [0, 0.1) is 11.7 Å². The molecule has 2 amide bonds. The summed E-state index contributed by atoms with van der Waals surface area (Å²) in [5.41, 5.74) is 0.253. The number of carbonyl (C=O) groups excluding carboxylic acids is 2. The summed E-state index contributed by atoms with van der Waals surface area (Å²) in [5, 5.41) is 2.83. The van der Waals surface area contributed by atoms with Gasteiger partial charge in [-0.25, -0.2) is 12.8 Å². The van der Waals surface area contributed by atoms with Crippen molar-refractivity contribution >= 4 is 21.8 Å². The van der Waals surface area contributed by atoms with E-state index in [1.165, 1.54) is 47.8 Å². The number of rotatable bonds is 9. The van der Waals surface area contributed by atoms with E-state index in [1.54, 1.807) is 17.0 Å². The first-order chi connectivity index (χ1) is 16.7. The van der Waals surface area contributed by atoms with Crippen LogP contribution in [0.1, 0.15) is 37.0 Å². The Hall–Kier alpha value is -2.98. The lowest BCUT2D eigenvalue weighted by atomic mass is 9.89. The molecule has 3 rings (SSSR count). The number of ether oxygens (including phenoxy) is 1. The molecule has 1 N–H and O–H groups in total. The van der Waals surface area contributed by atoms with Crippen LogP contribution in [-0.4, -0.2) is 68.8 Å². The van der Waals surface area contributed by atoms with Gasteiger partial charge in [0, 0.05) is 31.7 Å². The molecule has 0 saturated carbocycles. The van der Waals surface area contributed by atoms with E-state index in [2.05, 4.69) is 5.32 Å². The third-order valence-corrected chi connectivity index (χ3v) is 8.31. The molecule has 1 aliphatic heterocycles. The van der Waals surface area contributed by atoms with Crippen LogP contribution in [0.2, 0.25) is 0 Å². The number of carbonyl (C=O) groups is 2. The SMILES string of the molecule is CCN(CC)C(=O)[C@@H](NC(=O)c1ccc(F)cc1)C1CCN(S(=O)(=O)c2ccc(OC)cc2)CC1. The summed E-state index contributed by atoms with van der Waals surface area (Å²) < 4.78 is 46.0. The number of sulfonamides is 1. The van der Waals surface area contributed by atoms with Crippen molar-refractivity contribution in [1.29, 1.82) is 0 Å². The van der Waals surface area contributed by atoms with E-state index in [1.807, 2.05) is 13.8 Å². The van der Waals surface area contributed by atoms with Crippen molar-refractivity contribution in [3.8, 4) is 5.75 Å². The molecular weight excluding hydrogens is 473 g/mol. The number of hydrogen-bond donors (Lipinski definition) is 1. The Balaban J connectivity index is 1.75. The summed E-state index contributed by atoms with van der Waals surface area (Å²) in [4.78, 5) is 28.0. The lowest BCUT2D eigenvalue weighted by Gasteiger charge is -2.37. The first kappa shape index (κ1) is 26.6. The number of benzene rings is 2. The number of nitrogens with one attached hydrogen (secondary N) is 1. The molecule has 1 atom stereocenters. The highest BCUT2D eigenvalue weighted by Crippen LogP contribution is 2.28. The van der Waals surface area contributed by atoms with Crippen LogP contribution in [0.25, 0.3) is 0 Å². The van der Waals surface area contributed by atoms with E-state index in [9.17, 15) is 22.4 Å². The van der Waals surface area contributed by atoms with E-state index < -0.39 is 27.8 Å². The summed E-state index contributed by atoms with van der Waals surface area (Å²) in [5.74, 6) is -0.805. The maximum absolute atomic E-state index is 13.3. The predicted molar refractivity (Wildman–Crippen MR) is 130 cm³/mol. The van der Waals surface area contributed by atoms with Crippen molar-refractivity contribution in [2.45, 2.75) is 37.6 Å². The van der Waals surface area contributed by atoms with Crippen molar-refractivity contribution in [2.24, 2.45) is 5.92 Å². The second-order valence-electron chi connectivity index (χ2n) is 8.39. The van der Waals surface area contributed by atoms with Crippen LogP contribution < -0.4 is 10.1 Å². The molecule has 0 bridgehead atoms. The molecule has 0 aromatic heterocycles. The van der Waals surface area contributed by atoms with Gasteiger partial charge in [0.25, 0.3) is 5.91 Å². The van der Waals surface area contributed by atoms with Crippen LogP contribution in [0.15, 0.2) is 53.4 Å². The summed E-state index contributed by atoms with van der Waals surface area (Å²) >= 11 is 0. The van der Waals surface area contributed by atoms with E-state index in [0.717, 1.165) is 0 Å². The zero-order chi connectivity index (χ0) is 25.6. The largest absolute Gasteiger partial charge is 0.497 e. The van der Waals surface area contributed by atoms with Gasteiger partial charge in [-0.1, -0.05) is 0 Å². The second kappa shape index (κ2) is 11.6. The minimum Gasteiger partial charge on any atom is -0.497 e. The lowest BCUT2D eigenvalue weighted by molar-refractivity contribution is -0.134. The molecule has 0 aliphatic carbocycles. The fraction of sp³-hybridized carbons (Fsp3) is 0.440. The number of methoxy groups -OCH3 is 1. The van der Waals surface area contributed by atoms with Gasteiger partial charge in [0.1, 0.15) is 17.6 Å². The maximum atomic E-state index is 13.3. The fourth-order valence-electron chi connectivity index (χ4n) is 4.29. The Morgan fingerprint density at radius 1 is 1.06 bits per heavy atom. The summed E-state index contributed by atoms with van der Waals surface area (Å²) in [6, 6.07) is 10.5. The van der Waals surface area contributed by atoms with Crippen LogP contribution in [-0.2, 0) is 14.8 Å². The van der Waals surface area contributed by atoms with Gasteiger partial charge in [0.2, 0.25) is 15.9 Å². The zero-order valence-corrected chi connectivity index (χ0v) is 21.1. The topological polar surface area (TPSA) is 96.0 Å². The van der Waals surface area contributed by atoms with Gasteiger partial charge in [0.15, 0.2) is 0 Å². The Kier molecular flexibility index (Phi) is 8.85. The molecule has 35 heavy (non-hydrogen) atoms. The van der Waals surface area contributed by atoms with Crippen LogP contribution in [0.4, 0.5) is 4.39 Å². The molecule has 1 saturated heterocycles. The summed E-state index contributed by atoms with van der Waals surface area (Å²) in [7, 11) is -2.18.